The van der Waals surface area contributed by atoms with Crippen LogP contribution < -0.4 is 20.9 Å². The molecule has 0 fully saturated rings. The average Bonchev–Trinajstić information content (AvgIpc) is 2.78. The van der Waals surface area contributed by atoms with E-state index in [0.717, 1.165) is 16.7 Å². The molecule has 0 saturated carbocycles. The number of carbonyl (C=O) groups excluding carboxylic acids is 1. The van der Waals surface area contributed by atoms with Crippen molar-refractivity contribution in [1.82, 2.24) is 9.88 Å². The van der Waals surface area contributed by atoms with Crippen LogP contribution in [0.3, 0.4) is 0 Å². The summed E-state index contributed by atoms with van der Waals surface area (Å²) in [5, 5.41) is 24.3. The minimum Gasteiger partial charge on any atom is -0.505 e. The number of benzene rings is 2. The Morgan fingerprint density at radius 3 is 2.58 bits per heavy atom. The van der Waals surface area contributed by atoms with Crippen LogP contribution >= 0.6 is 0 Å². The number of aromatic nitrogens is 1. The zero-order valence-corrected chi connectivity index (χ0v) is 18.5. The maximum atomic E-state index is 12.6. The van der Waals surface area contributed by atoms with Crippen molar-refractivity contribution in [2.24, 2.45) is 7.05 Å². The van der Waals surface area contributed by atoms with Crippen molar-refractivity contribution in [2.45, 2.75) is 19.4 Å². The Bertz CT molecular complexity index is 1250. The summed E-state index contributed by atoms with van der Waals surface area (Å²) in [5.74, 6) is -0.818. The van der Waals surface area contributed by atoms with Gasteiger partial charge < -0.3 is 30.2 Å². The van der Waals surface area contributed by atoms with E-state index in [4.69, 9.17) is 4.74 Å². The van der Waals surface area contributed by atoms with Gasteiger partial charge in [0.1, 0.15) is 11.5 Å². The second-order valence-electron chi connectivity index (χ2n) is 7.61. The van der Waals surface area contributed by atoms with Crippen LogP contribution in [0, 0.1) is 6.92 Å². The SMILES string of the molecule is COc1cccc(-c2cc(C)cc(C(CC(=O)O)NC(=O)Nc3c(O)ccn(C)c3=O)c2)c1. The van der Waals surface area contributed by atoms with Gasteiger partial charge in [-0.25, -0.2) is 4.79 Å². The fourth-order valence-electron chi connectivity index (χ4n) is 3.45. The van der Waals surface area contributed by atoms with E-state index in [9.17, 15) is 24.6 Å². The largest absolute Gasteiger partial charge is 0.505 e. The van der Waals surface area contributed by atoms with E-state index < -0.39 is 23.6 Å². The fourth-order valence-corrected chi connectivity index (χ4v) is 3.45. The van der Waals surface area contributed by atoms with E-state index in [1.807, 2.05) is 37.3 Å². The minimum absolute atomic E-state index is 0.298. The van der Waals surface area contributed by atoms with Crippen LogP contribution in [0.25, 0.3) is 11.1 Å². The standard InChI is InChI=1S/C24H25N3O6/c1-14-9-16(15-5-4-6-18(12-15)33-3)11-17(10-14)19(13-21(29)30)25-24(32)26-22-20(28)7-8-27(2)23(22)31/h4-12,19,28H,13H2,1-3H3,(H,29,30)(H2,25,26,32). The topological polar surface area (TPSA) is 130 Å². The lowest BCUT2D eigenvalue weighted by atomic mass is 9.95. The zero-order valence-electron chi connectivity index (χ0n) is 18.5. The Morgan fingerprint density at radius 1 is 1.12 bits per heavy atom. The van der Waals surface area contributed by atoms with Gasteiger partial charge in [-0.15, -0.1) is 0 Å². The zero-order chi connectivity index (χ0) is 24.1. The predicted octanol–water partition coefficient (Wildman–Crippen LogP) is 3.41. The number of carboxylic acids is 1. The van der Waals surface area contributed by atoms with Gasteiger partial charge in [-0.3, -0.25) is 9.59 Å². The number of nitrogens with one attached hydrogen (secondary N) is 2. The summed E-state index contributed by atoms with van der Waals surface area (Å²) in [5.41, 5.74) is 2.25. The molecule has 3 aromatic rings. The molecule has 0 radical (unpaired) electrons. The van der Waals surface area contributed by atoms with E-state index in [1.54, 1.807) is 19.2 Å². The first kappa shape index (κ1) is 23.4. The van der Waals surface area contributed by atoms with Gasteiger partial charge in [-0.2, -0.15) is 0 Å². The summed E-state index contributed by atoms with van der Waals surface area (Å²) in [4.78, 5) is 36.4. The molecule has 2 aromatic carbocycles. The highest BCUT2D eigenvalue weighted by Crippen LogP contribution is 2.29. The number of aliphatic carboxylic acids is 1. The number of nitrogens with zero attached hydrogens (tertiary/aromatic N) is 1. The van der Waals surface area contributed by atoms with Crippen molar-refractivity contribution < 1.29 is 24.5 Å². The number of hydrogen-bond acceptors (Lipinski definition) is 5. The van der Waals surface area contributed by atoms with Gasteiger partial charge in [0.05, 0.1) is 19.6 Å². The van der Waals surface area contributed by atoms with Crippen LogP contribution in [-0.2, 0) is 11.8 Å². The molecule has 0 aliphatic carbocycles. The first-order valence-corrected chi connectivity index (χ1v) is 10.1. The molecule has 1 aromatic heterocycles. The molecule has 0 saturated heterocycles. The third kappa shape index (κ3) is 5.70. The second kappa shape index (κ2) is 9.90. The smallest absolute Gasteiger partial charge is 0.319 e. The maximum Gasteiger partial charge on any atom is 0.319 e. The molecule has 2 amide bonds. The molecule has 0 aliphatic heterocycles. The summed E-state index contributed by atoms with van der Waals surface area (Å²) in [7, 11) is 3.05. The minimum atomic E-state index is -1.11. The van der Waals surface area contributed by atoms with Crippen molar-refractivity contribution >= 4 is 17.7 Å². The highest BCUT2D eigenvalue weighted by Gasteiger charge is 2.21. The number of ether oxygens (including phenoxy) is 1. The van der Waals surface area contributed by atoms with Gasteiger partial charge >= 0.3 is 12.0 Å². The van der Waals surface area contributed by atoms with Crippen LogP contribution in [0.1, 0.15) is 23.6 Å². The van der Waals surface area contributed by atoms with Crippen molar-refractivity contribution in [3.63, 3.8) is 0 Å². The van der Waals surface area contributed by atoms with Gasteiger partial charge in [0, 0.05) is 13.2 Å². The van der Waals surface area contributed by atoms with Crippen LogP contribution in [0.5, 0.6) is 11.5 Å². The molecule has 33 heavy (non-hydrogen) atoms. The van der Waals surface area contributed by atoms with Gasteiger partial charge in [0.15, 0.2) is 5.69 Å². The number of methoxy groups -OCH3 is 1. The number of carboxylic acid groups (broad SMARTS) is 1. The monoisotopic (exact) mass is 451 g/mol. The van der Waals surface area contributed by atoms with Gasteiger partial charge in [-0.05, 0) is 47.9 Å². The lowest BCUT2D eigenvalue weighted by molar-refractivity contribution is -0.137. The lowest BCUT2D eigenvalue weighted by Gasteiger charge is -2.20. The molecule has 0 aliphatic rings. The normalized spacial score (nSPS) is 11.5. The molecule has 1 heterocycles. The highest BCUT2D eigenvalue weighted by molar-refractivity contribution is 5.91. The number of anilines is 1. The number of rotatable bonds is 7. The molecule has 9 nitrogen and oxygen atoms in total. The Hall–Kier alpha value is -4.27. The lowest BCUT2D eigenvalue weighted by Crippen LogP contribution is -2.36. The summed E-state index contributed by atoms with van der Waals surface area (Å²) in [6.45, 7) is 1.87. The number of hydrogen-bond donors (Lipinski definition) is 4. The third-order valence-electron chi connectivity index (χ3n) is 5.07. The van der Waals surface area contributed by atoms with Crippen molar-refractivity contribution in [3.05, 3.63) is 76.2 Å². The molecule has 172 valence electrons. The summed E-state index contributed by atoms with van der Waals surface area (Å²) in [6, 6.07) is 12.5. The van der Waals surface area contributed by atoms with Crippen LogP contribution in [-0.4, -0.2) is 33.9 Å². The third-order valence-corrected chi connectivity index (χ3v) is 5.07. The molecule has 0 bridgehead atoms. The van der Waals surface area contributed by atoms with Crippen molar-refractivity contribution in [2.75, 3.05) is 12.4 Å². The number of urea groups is 1. The van der Waals surface area contributed by atoms with E-state index in [2.05, 4.69) is 10.6 Å². The van der Waals surface area contributed by atoms with Gasteiger partial charge in [0.2, 0.25) is 0 Å². The number of aromatic hydroxyl groups is 1. The summed E-state index contributed by atoms with van der Waals surface area (Å²) in [6.07, 6.45) is 0.980. The Balaban J connectivity index is 1.92. The van der Waals surface area contributed by atoms with Crippen molar-refractivity contribution in [1.29, 1.82) is 0 Å². The molecule has 1 atom stereocenters. The second-order valence-corrected chi connectivity index (χ2v) is 7.61. The molecule has 0 spiro atoms. The molecule has 3 rings (SSSR count). The van der Waals surface area contributed by atoms with Crippen molar-refractivity contribution in [3.8, 4) is 22.6 Å². The maximum absolute atomic E-state index is 12.6. The first-order chi connectivity index (χ1) is 15.7. The molecular formula is C24H25N3O6. The Kier molecular flexibility index (Phi) is 7.02. The Morgan fingerprint density at radius 2 is 1.88 bits per heavy atom. The van der Waals surface area contributed by atoms with Gasteiger partial charge in [-0.1, -0.05) is 29.8 Å². The van der Waals surface area contributed by atoms with E-state index in [1.165, 1.54) is 23.9 Å². The van der Waals surface area contributed by atoms with E-state index in [-0.39, 0.29) is 17.9 Å². The van der Waals surface area contributed by atoms with E-state index >= 15 is 0 Å². The number of carbonyl (C=O) groups is 2. The molecule has 1 unspecified atom stereocenters. The fraction of sp³-hybridized carbons (Fsp3) is 0.208. The first-order valence-electron chi connectivity index (χ1n) is 10.1. The quantitative estimate of drug-likeness (QED) is 0.436. The molecular weight excluding hydrogens is 426 g/mol. The summed E-state index contributed by atoms with van der Waals surface area (Å²) >= 11 is 0. The average molecular weight is 451 g/mol. The summed E-state index contributed by atoms with van der Waals surface area (Å²) < 4.78 is 6.48. The number of amides is 2. The number of pyridine rings is 1. The molecule has 4 N–H and O–H groups in total. The Labute approximate surface area is 190 Å². The van der Waals surface area contributed by atoms with Crippen LogP contribution in [0.15, 0.2) is 59.5 Å². The van der Waals surface area contributed by atoms with Crippen LogP contribution in [0.2, 0.25) is 0 Å². The molecule has 9 heteroatoms. The highest BCUT2D eigenvalue weighted by atomic mass is 16.5. The van der Waals surface area contributed by atoms with Gasteiger partial charge in [0.25, 0.3) is 5.56 Å². The van der Waals surface area contributed by atoms with Crippen LogP contribution in [0.4, 0.5) is 10.5 Å². The number of aryl methyl sites for hydroxylation is 2. The van der Waals surface area contributed by atoms with E-state index in [0.29, 0.717) is 11.3 Å². The predicted molar refractivity (Wildman–Crippen MR) is 124 cm³/mol.